The van der Waals surface area contributed by atoms with Crippen LogP contribution in [0.3, 0.4) is 0 Å². The molecule has 2 amide bonds. The van der Waals surface area contributed by atoms with Crippen molar-refractivity contribution in [1.82, 2.24) is 10.9 Å². The second kappa shape index (κ2) is 7.23. The number of nitrogens with one attached hydrogen (secondary N) is 2. The molecule has 0 aliphatic carbocycles. The Morgan fingerprint density at radius 3 is 2.46 bits per heavy atom. The maximum atomic E-state index is 12.2. The molecule has 0 saturated heterocycles. The van der Waals surface area contributed by atoms with E-state index in [-0.39, 0.29) is 17.4 Å². The van der Waals surface area contributed by atoms with Gasteiger partial charge in [0.2, 0.25) is 5.91 Å². The van der Waals surface area contributed by atoms with Crippen molar-refractivity contribution < 1.29 is 14.0 Å². The lowest BCUT2D eigenvalue weighted by molar-refractivity contribution is -0.119. The molecule has 0 unspecified atom stereocenters. The van der Waals surface area contributed by atoms with Gasteiger partial charge in [-0.15, -0.1) is 11.8 Å². The minimum absolute atomic E-state index is 0.201. The number of hydrazine groups is 1. The van der Waals surface area contributed by atoms with Gasteiger partial charge in [0.05, 0.1) is 5.75 Å². The minimum Gasteiger partial charge on any atom is -0.451 e. The van der Waals surface area contributed by atoms with Crippen LogP contribution < -0.4 is 10.9 Å². The van der Waals surface area contributed by atoms with Crippen LogP contribution in [0.5, 0.6) is 0 Å². The topological polar surface area (TPSA) is 71.3 Å². The van der Waals surface area contributed by atoms with Crippen molar-refractivity contribution in [2.75, 3.05) is 5.75 Å². The first-order chi connectivity index (χ1) is 11.6. The minimum atomic E-state index is -0.471. The molecule has 0 aliphatic rings. The zero-order chi connectivity index (χ0) is 16.9. The number of fused-ring (bicyclic) bond motifs is 1. The number of aryl methyl sites for hydroxylation is 1. The van der Waals surface area contributed by atoms with E-state index in [4.69, 9.17) is 4.42 Å². The summed E-state index contributed by atoms with van der Waals surface area (Å²) < 4.78 is 5.55. The van der Waals surface area contributed by atoms with Crippen LogP contribution in [0.15, 0.2) is 63.9 Å². The van der Waals surface area contributed by atoms with Gasteiger partial charge in [-0.1, -0.05) is 36.4 Å². The Morgan fingerprint density at radius 2 is 1.71 bits per heavy atom. The molecule has 1 aromatic heterocycles. The summed E-state index contributed by atoms with van der Waals surface area (Å²) in [6, 6.07) is 17.0. The fourth-order valence-electron chi connectivity index (χ4n) is 2.28. The first kappa shape index (κ1) is 16.1. The average Bonchev–Trinajstić information content (AvgIpc) is 2.96. The smallest absolute Gasteiger partial charge is 0.305 e. The number of carbonyl (C=O) groups is 2. The Labute approximate surface area is 143 Å². The van der Waals surface area contributed by atoms with E-state index in [9.17, 15) is 9.59 Å². The van der Waals surface area contributed by atoms with Crippen LogP contribution in [0.4, 0.5) is 0 Å². The molecule has 122 valence electrons. The van der Waals surface area contributed by atoms with Gasteiger partial charge in [0, 0.05) is 15.8 Å². The van der Waals surface area contributed by atoms with Crippen molar-refractivity contribution in [3.8, 4) is 0 Å². The molecular formula is C18H16N2O3S. The third-order valence-corrected chi connectivity index (χ3v) is 4.49. The van der Waals surface area contributed by atoms with Crippen molar-refractivity contribution in [2.24, 2.45) is 0 Å². The third kappa shape index (κ3) is 3.60. The van der Waals surface area contributed by atoms with Gasteiger partial charge in [-0.05, 0) is 25.1 Å². The molecule has 1 heterocycles. The summed E-state index contributed by atoms with van der Waals surface area (Å²) in [5, 5.41) is 0.883. The van der Waals surface area contributed by atoms with Gasteiger partial charge in [-0.2, -0.15) is 0 Å². The van der Waals surface area contributed by atoms with Gasteiger partial charge in [-0.25, -0.2) is 0 Å². The zero-order valence-electron chi connectivity index (χ0n) is 13.0. The molecule has 24 heavy (non-hydrogen) atoms. The predicted octanol–water partition coefficient (Wildman–Crippen LogP) is 3.29. The maximum absolute atomic E-state index is 12.2. The standard InChI is InChI=1S/C18H16N2O3S/c1-12-14-9-5-6-10-15(14)23-17(12)18(22)20-19-16(21)11-24-13-7-3-2-4-8-13/h2-10H,11H2,1H3,(H,19,21)(H,20,22). The molecule has 0 atom stereocenters. The largest absolute Gasteiger partial charge is 0.451 e. The molecule has 2 N–H and O–H groups in total. The molecule has 3 rings (SSSR count). The summed E-state index contributed by atoms with van der Waals surface area (Å²) in [4.78, 5) is 25.0. The quantitative estimate of drug-likeness (QED) is 0.565. The van der Waals surface area contributed by atoms with E-state index in [0.717, 1.165) is 15.8 Å². The summed E-state index contributed by atoms with van der Waals surface area (Å²) >= 11 is 1.40. The number of benzene rings is 2. The highest BCUT2D eigenvalue weighted by molar-refractivity contribution is 8.00. The summed E-state index contributed by atoms with van der Waals surface area (Å²) in [6.45, 7) is 1.81. The van der Waals surface area contributed by atoms with Crippen LogP contribution in [0.2, 0.25) is 0 Å². The summed E-state index contributed by atoms with van der Waals surface area (Å²) in [7, 11) is 0. The molecular weight excluding hydrogens is 324 g/mol. The maximum Gasteiger partial charge on any atom is 0.305 e. The molecule has 0 radical (unpaired) electrons. The lowest BCUT2D eigenvalue weighted by atomic mass is 10.1. The monoisotopic (exact) mass is 340 g/mol. The first-order valence-corrected chi connectivity index (χ1v) is 8.39. The van der Waals surface area contributed by atoms with E-state index in [1.54, 1.807) is 6.07 Å². The van der Waals surface area contributed by atoms with Crippen LogP contribution >= 0.6 is 11.8 Å². The lowest BCUT2D eigenvalue weighted by Gasteiger charge is -2.06. The second-order valence-electron chi connectivity index (χ2n) is 5.16. The third-order valence-electron chi connectivity index (χ3n) is 3.48. The molecule has 3 aromatic rings. The van der Waals surface area contributed by atoms with Crippen molar-refractivity contribution >= 4 is 34.5 Å². The number of hydrogen-bond acceptors (Lipinski definition) is 4. The van der Waals surface area contributed by atoms with Gasteiger partial charge in [0.25, 0.3) is 0 Å². The number of rotatable bonds is 4. The molecule has 0 fully saturated rings. The van der Waals surface area contributed by atoms with Gasteiger partial charge in [0.1, 0.15) is 5.58 Å². The fraction of sp³-hybridized carbons (Fsp3) is 0.111. The Kier molecular flexibility index (Phi) is 4.86. The van der Waals surface area contributed by atoms with E-state index in [2.05, 4.69) is 10.9 Å². The number of thioether (sulfide) groups is 1. The highest BCUT2D eigenvalue weighted by Gasteiger charge is 2.17. The Bertz CT molecular complexity index is 874. The zero-order valence-corrected chi connectivity index (χ0v) is 13.9. The summed E-state index contributed by atoms with van der Waals surface area (Å²) in [5.41, 5.74) is 6.19. The molecule has 0 bridgehead atoms. The second-order valence-corrected chi connectivity index (χ2v) is 6.21. The molecule has 0 spiro atoms. The van der Waals surface area contributed by atoms with Crippen LogP contribution in [0.1, 0.15) is 16.1 Å². The first-order valence-electron chi connectivity index (χ1n) is 7.40. The lowest BCUT2D eigenvalue weighted by Crippen LogP contribution is -2.42. The molecule has 0 aliphatic heterocycles. The summed E-state index contributed by atoms with van der Waals surface area (Å²) in [6.07, 6.45) is 0. The van der Waals surface area contributed by atoms with Crippen molar-refractivity contribution in [3.63, 3.8) is 0 Å². The van der Waals surface area contributed by atoms with Crippen molar-refractivity contribution in [1.29, 1.82) is 0 Å². The van der Waals surface area contributed by atoms with Gasteiger partial charge in [0.15, 0.2) is 5.76 Å². The van der Waals surface area contributed by atoms with Gasteiger partial charge >= 0.3 is 5.91 Å². The number of furan rings is 1. The van der Waals surface area contributed by atoms with E-state index < -0.39 is 5.91 Å². The molecule has 5 nitrogen and oxygen atoms in total. The Balaban J connectivity index is 1.56. The normalized spacial score (nSPS) is 10.5. The van der Waals surface area contributed by atoms with Crippen molar-refractivity contribution in [2.45, 2.75) is 11.8 Å². The molecule has 2 aromatic carbocycles. The van der Waals surface area contributed by atoms with Crippen molar-refractivity contribution in [3.05, 3.63) is 65.9 Å². The Hall–Kier alpha value is -2.73. The van der Waals surface area contributed by atoms with E-state index >= 15 is 0 Å². The van der Waals surface area contributed by atoms with E-state index in [1.807, 2.05) is 55.5 Å². The highest BCUT2D eigenvalue weighted by atomic mass is 32.2. The van der Waals surface area contributed by atoms with Crippen LogP contribution in [-0.4, -0.2) is 17.6 Å². The highest BCUT2D eigenvalue weighted by Crippen LogP contribution is 2.24. The van der Waals surface area contributed by atoms with E-state index in [0.29, 0.717) is 5.58 Å². The van der Waals surface area contributed by atoms with Gasteiger partial charge < -0.3 is 4.42 Å². The average molecular weight is 340 g/mol. The van der Waals surface area contributed by atoms with Gasteiger partial charge in [-0.3, -0.25) is 20.4 Å². The van der Waals surface area contributed by atoms with Crippen LogP contribution in [0.25, 0.3) is 11.0 Å². The molecule has 0 saturated carbocycles. The van der Waals surface area contributed by atoms with Crippen LogP contribution in [-0.2, 0) is 4.79 Å². The molecule has 6 heteroatoms. The number of amides is 2. The SMILES string of the molecule is Cc1c(C(=O)NNC(=O)CSc2ccccc2)oc2ccccc12. The number of hydrogen-bond donors (Lipinski definition) is 2. The summed E-state index contributed by atoms with van der Waals surface area (Å²) in [5.74, 6) is -0.344. The predicted molar refractivity (Wildman–Crippen MR) is 93.7 cm³/mol. The number of carbonyl (C=O) groups excluding carboxylic acids is 2. The Morgan fingerprint density at radius 1 is 1.00 bits per heavy atom. The van der Waals surface area contributed by atoms with Crippen LogP contribution in [0, 0.1) is 6.92 Å². The fourth-order valence-corrected chi connectivity index (χ4v) is 3.00. The van der Waals surface area contributed by atoms with E-state index in [1.165, 1.54) is 11.8 Å². The number of para-hydroxylation sites is 1.